The fourth-order valence-corrected chi connectivity index (χ4v) is 4.60. The summed E-state index contributed by atoms with van der Waals surface area (Å²) in [4.78, 5) is 24.5. The number of amides is 1. The number of nitrogens with zero attached hydrogens (tertiary/aromatic N) is 2. The number of rotatable bonds is 7. The van der Waals surface area contributed by atoms with Gasteiger partial charge in [0.15, 0.2) is 9.84 Å². The number of hydrogen-bond donors (Lipinski definition) is 0. The molecule has 0 N–H and O–H groups in total. The lowest BCUT2D eigenvalue weighted by molar-refractivity contribution is -0.384. The van der Waals surface area contributed by atoms with E-state index < -0.39 is 14.8 Å². The highest BCUT2D eigenvalue weighted by Gasteiger charge is 2.34. The normalized spacial score (nSPS) is 19.1. The number of carbonyl (C=O) groups is 1. The molecule has 0 aromatic heterocycles. The Hall–Kier alpha value is -1.96. The molecular formula is C16H22N2O5S. The highest BCUT2D eigenvalue weighted by Crippen LogP contribution is 2.20. The van der Waals surface area contributed by atoms with Gasteiger partial charge in [0.05, 0.1) is 22.8 Å². The predicted octanol–water partition coefficient (Wildman–Crippen LogP) is 1.95. The summed E-state index contributed by atoms with van der Waals surface area (Å²) in [5, 5.41) is 10.7. The van der Waals surface area contributed by atoms with Gasteiger partial charge in [-0.1, -0.05) is 25.5 Å². The van der Waals surface area contributed by atoms with Crippen LogP contribution in [0.5, 0.6) is 0 Å². The van der Waals surface area contributed by atoms with Crippen LogP contribution in [0.2, 0.25) is 0 Å². The summed E-state index contributed by atoms with van der Waals surface area (Å²) in [6.07, 6.45) is 2.35. The molecule has 2 rings (SSSR count). The molecule has 0 aliphatic carbocycles. The van der Waals surface area contributed by atoms with E-state index >= 15 is 0 Å². The number of non-ortho nitro benzene ring substituents is 1. The maximum absolute atomic E-state index is 12.6. The average molecular weight is 354 g/mol. The molecule has 0 spiro atoms. The second kappa shape index (κ2) is 7.74. The molecule has 1 heterocycles. The summed E-state index contributed by atoms with van der Waals surface area (Å²) in [5.74, 6) is 0.0350. The summed E-state index contributed by atoms with van der Waals surface area (Å²) in [5.41, 5.74) is 0.670. The molecule has 1 unspecified atom stereocenters. The van der Waals surface area contributed by atoms with E-state index in [2.05, 4.69) is 0 Å². The molecule has 0 bridgehead atoms. The van der Waals surface area contributed by atoms with Crippen LogP contribution in [0.25, 0.3) is 0 Å². The van der Waals surface area contributed by atoms with Gasteiger partial charge >= 0.3 is 0 Å². The number of nitro groups is 1. The molecule has 0 saturated carbocycles. The van der Waals surface area contributed by atoms with Crippen molar-refractivity contribution in [3.05, 3.63) is 39.9 Å². The first-order chi connectivity index (χ1) is 11.3. The van der Waals surface area contributed by atoms with Gasteiger partial charge in [0, 0.05) is 24.7 Å². The minimum Gasteiger partial charge on any atom is -0.338 e. The SMILES string of the molecule is CCCCN(C(=O)Cc1ccc([N+](=O)[O-])cc1)C1CCS(=O)(=O)C1. The molecule has 8 heteroatoms. The van der Waals surface area contributed by atoms with E-state index in [0.29, 0.717) is 18.5 Å². The lowest BCUT2D eigenvalue weighted by atomic mass is 10.1. The van der Waals surface area contributed by atoms with Crippen LogP contribution in [0.15, 0.2) is 24.3 Å². The van der Waals surface area contributed by atoms with Crippen molar-refractivity contribution in [1.29, 1.82) is 0 Å². The number of hydrogen-bond acceptors (Lipinski definition) is 5. The van der Waals surface area contributed by atoms with Crippen molar-refractivity contribution in [3.8, 4) is 0 Å². The minimum atomic E-state index is -3.06. The molecule has 1 amide bonds. The van der Waals surface area contributed by atoms with Crippen LogP contribution in [0, 0.1) is 10.1 Å². The Labute approximate surface area is 141 Å². The third kappa shape index (κ3) is 4.77. The van der Waals surface area contributed by atoms with Crippen LogP contribution in [-0.4, -0.2) is 48.2 Å². The van der Waals surface area contributed by atoms with Crippen LogP contribution >= 0.6 is 0 Å². The smallest absolute Gasteiger partial charge is 0.269 e. The van der Waals surface area contributed by atoms with Crippen LogP contribution in [0.4, 0.5) is 5.69 Å². The van der Waals surface area contributed by atoms with Crippen molar-refractivity contribution < 1.29 is 18.1 Å². The zero-order valence-corrected chi connectivity index (χ0v) is 14.5. The van der Waals surface area contributed by atoms with E-state index in [1.807, 2.05) is 6.92 Å². The van der Waals surface area contributed by atoms with E-state index in [4.69, 9.17) is 0 Å². The second-order valence-corrected chi connectivity index (χ2v) is 8.33. The van der Waals surface area contributed by atoms with Gasteiger partial charge in [-0.15, -0.1) is 0 Å². The summed E-state index contributed by atoms with van der Waals surface area (Å²) in [6, 6.07) is 5.63. The second-order valence-electron chi connectivity index (χ2n) is 6.10. The number of nitro benzene ring substituents is 1. The fraction of sp³-hybridized carbons (Fsp3) is 0.562. The monoisotopic (exact) mass is 354 g/mol. The first-order valence-electron chi connectivity index (χ1n) is 8.05. The van der Waals surface area contributed by atoms with Crippen LogP contribution in [0.3, 0.4) is 0 Å². The van der Waals surface area contributed by atoms with Crippen molar-refractivity contribution in [3.63, 3.8) is 0 Å². The van der Waals surface area contributed by atoms with Gasteiger partial charge in [-0.05, 0) is 18.4 Å². The number of unbranched alkanes of at least 4 members (excludes halogenated alkanes) is 1. The van der Waals surface area contributed by atoms with E-state index in [0.717, 1.165) is 12.8 Å². The zero-order valence-electron chi connectivity index (χ0n) is 13.7. The first-order valence-corrected chi connectivity index (χ1v) is 9.88. The first kappa shape index (κ1) is 18.4. The van der Waals surface area contributed by atoms with E-state index in [1.165, 1.54) is 12.1 Å². The Bertz CT molecular complexity index is 700. The molecule has 1 aromatic rings. The van der Waals surface area contributed by atoms with Crippen LogP contribution in [-0.2, 0) is 21.1 Å². The average Bonchev–Trinajstić information content (AvgIpc) is 2.88. The molecule has 1 aliphatic heterocycles. The molecule has 1 fully saturated rings. The maximum atomic E-state index is 12.6. The third-order valence-corrected chi connectivity index (χ3v) is 5.97. The zero-order chi connectivity index (χ0) is 17.7. The van der Waals surface area contributed by atoms with Gasteiger partial charge in [-0.25, -0.2) is 8.42 Å². The van der Waals surface area contributed by atoms with Crippen molar-refractivity contribution in [2.75, 3.05) is 18.1 Å². The number of sulfone groups is 1. The topological polar surface area (TPSA) is 97.6 Å². The largest absolute Gasteiger partial charge is 0.338 e. The van der Waals surface area contributed by atoms with Crippen molar-refractivity contribution in [2.45, 2.75) is 38.6 Å². The van der Waals surface area contributed by atoms with Crippen molar-refractivity contribution >= 4 is 21.4 Å². The standard InChI is InChI=1S/C16H22N2O5S/c1-2-3-9-17(15-8-10-24(22,23)12-15)16(19)11-13-4-6-14(7-5-13)18(20)21/h4-7,15H,2-3,8-12H2,1H3. The molecule has 7 nitrogen and oxygen atoms in total. The predicted molar refractivity (Wildman–Crippen MR) is 90.5 cm³/mol. The number of carbonyl (C=O) groups excluding carboxylic acids is 1. The Morgan fingerprint density at radius 1 is 1.33 bits per heavy atom. The number of benzene rings is 1. The molecule has 1 aromatic carbocycles. The molecule has 0 radical (unpaired) electrons. The molecule has 132 valence electrons. The van der Waals surface area contributed by atoms with Crippen LogP contribution < -0.4 is 0 Å². The van der Waals surface area contributed by atoms with Gasteiger partial charge in [0.1, 0.15) is 0 Å². The molecular weight excluding hydrogens is 332 g/mol. The Morgan fingerprint density at radius 3 is 2.50 bits per heavy atom. The van der Waals surface area contributed by atoms with E-state index in [-0.39, 0.29) is 35.6 Å². The quantitative estimate of drug-likeness (QED) is 0.551. The summed E-state index contributed by atoms with van der Waals surface area (Å²) in [6.45, 7) is 2.56. The summed E-state index contributed by atoms with van der Waals surface area (Å²) >= 11 is 0. The molecule has 1 saturated heterocycles. The minimum absolute atomic E-state index is 0.0177. The van der Waals surface area contributed by atoms with Crippen molar-refractivity contribution in [1.82, 2.24) is 4.90 Å². The lowest BCUT2D eigenvalue weighted by Crippen LogP contribution is -2.42. The highest BCUT2D eigenvalue weighted by molar-refractivity contribution is 7.91. The molecule has 24 heavy (non-hydrogen) atoms. The molecule has 1 aliphatic rings. The summed E-state index contributed by atoms with van der Waals surface area (Å²) in [7, 11) is -3.06. The van der Waals surface area contributed by atoms with Gasteiger partial charge in [0.2, 0.25) is 5.91 Å². The van der Waals surface area contributed by atoms with Crippen LogP contribution in [0.1, 0.15) is 31.7 Å². The Kier molecular flexibility index (Phi) is 5.93. The van der Waals surface area contributed by atoms with Crippen molar-refractivity contribution in [2.24, 2.45) is 0 Å². The maximum Gasteiger partial charge on any atom is 0.269 e. The fourth-order valence-electron chi connectivity index (χ4n) is 2.87. The highest BCUT2D eigenvalue weighted by atomic mass is 32.2. The molecule has 1 atom stereocenters. The van der Waals surface area contributed by atoms with E-state index in [9.17, 15) is 23.3 Å². The Morgan fingerprint density at radius 2 is 2.00 bits per heavy atom. The lowest BCUT2D eigenvalue weighted by Gasteiger charge is -2.28. The summed E-state index contributed by atoms with van der Waals surface area (Å²) < 4.78 is 23.4. The Balaban J connectivity index is 2.08. The van der Waals surface area contributed by atoms with Gasteiger partial charge in [0.25, 0.3) is 5.69 Å². The van der Waals surface area contributed by atoms with Gasteiger partial charge in [-0.2, -0.15) is 0 Å². The van der Waals surface area contributed by atoms with E-state index in [1.54, 1.807) is 17.0 Å². The van der Waals surface area contributed by atoms with Gasteiger partial charge < -0.3 is 4.90 Å². The van der Waals surface area contributed by atoms with Gasteiger partial charge in [-0.3, -0.25) is 14.9 Å². The third-order valence-electron chi connectivity index (χ3n) is 4.22.